The molecule has 0 aliphatic heterocycles. The molecule has 1 aromatic carbocycles. The molecule has 0 aliphatic rings. The van der Waals surface area contributed by atoms with Gasteiger partial charge in [-0.15, -0.1) is 0 Å². The van der Waals surface area contributed by atoms with Gasteiger partial charge in [0.15, 0.2) is 6.61 Å². The predicted molar refractivity (Wildman–Crippen MR) is 80.5 cm³/mol. The van der Waals surface area contributed by atoms with Gasteiger partial charge in [0.1, 0.15) is 5.75 Å². The number of furan rings is 1. The highest BCUT2D eigenvalue weighted by Gasteiger charge is 2.03. The summed E-state index contributed by atoms with van der Waals surface area (Å²) in [6, 6.07) is 9.45. The van der Waals surface area contributed by atoms with Gasteiger partial charge in [-0.25, -0.2) is 5.43 Å². The molecule has 0 unspecified atom stereocenters. The minimum atomic E-state index is -0.317. The second-order valence-electron chi connectivity index (χ2n) is 4.86. The number of rotatable bonds is 6. The van der Waals surface area contributed by atoms with E-state index in [4.69, 9.17) is 9.15 Å². The molecule has 0 aliphatic carbocycles. The number of hydrazone groups is 1. The number of benzene rings is 1. The van der Waals surface area contributed by atoms with Gasteiger partial charge in [0.2, 0.25) is 0 Å². The van der Waals surface area contributed by atoms with Crippen LogP contribution in [0.15, 0.2) is 52.4 Å². The molecule has 0 saturated heterocycles. The van der Waals surface area contributed by atoms with Crippen molar-refractivity contribution in [2.75, 3.05) is 6.61 Å². The van der Waals surface area contributed by atoms with E-state index in [0.717, 1.165) is 5.56 Å². The van der Waals surface area contributed by atoms with Gasteiger partial charge in [0.25, 0.3) is 5.91 Å². The molecule has 1 amide bonds. The zero-order valence-electron chi connectivity index (χ0n) is 12.1. The minimum Gasteiger partial charge on any atom is -0.484 e. The zero-order chi connectivity index (χ0) is 15.1. The predicted octanol–water partition coefficient (Wildman–Crippen LogP) is 2.93. The van der Waals surface area contributed by atoms with Crippen molar-refractivity contribution in [3.05, 3.63) is 54.0 Å². The quantitative estimate of drug-likeness (QED) is 0.656. The van der Waals surface area contributed by atoms with Crippen LogP contribution in [0.25, 0.3) is 0 Å². The lowest BCUT2D eigenvalue weighted by Gasteiger charge is -2.08. The SMILES string of the molecule is CC(C)c1ccc(OCC(=O)N/N=C/c2ccoc2)cc1. The van der Waals surface area contributed by atoms with Crippen molar-refractivity contribution in [3.8, 4) is 5.75 Å². The first-order valence-corrected chi connectivity index (χ1v) is 6.72. The van der Waals surface area contributed by atoms with E-state index < -0.39 is 0 Å². The van der Waals surface area contributed by atoms with Gasteiger partial charge in [-0.2, -0.15) is 5.10 Å². The van der Waals surface area contributed by atoms with Gasteiger partial charge in [-0.1, -0.05) is 26.0 Å². The smallest absolute Gasteiger partial charge is 0.277 e. The second-order valence-corrected chi connectivity index (χ2v) is 4.86. The Morgan fingerprint density at radius 1 is 1.33 bits per heavy atom. The molecule has 0 radical (unpaired) electrons. The summed E-state index contributed by atoms with van der Waals surface area (Å²) in [6.45, 7) is 4.17. The molecule has 5 nitrogen and oxygen atoms in total. The van der Waals surface area contributed by atoms with E-state index in [1.807, 2.05) is 24.3 Å². The third kappa shape index (κ3) is 4.80. The van der Waals surface area contributed by atoms with Crippen LogP contribution in [0.2, 0.25) is 0 Å². The van der Waals surface area contributed by atoms with Crippen LogP contribution in [-0.2, 0) is 4.79 Å². The number of nitrogens with one attached hydrogen (secondary N) is 1. The third-order valence-corrected chi connectivity index (χ3v) is 2.86. The van der Waals surface area contributed by atoms with E-state index in [9.17, 15) is 4.79 Å². The summed E-state index contributed by atoms with van der Waals surface area (Å²) in [7, 11) is 0. The standard InChI is InChI=1S/C16H18N2O3/c1-12(2)14-3-5-15(6-4-14)21-11-16(19)18-17-9-13-7-8-20-10-13/h3-10,12H,11H2,1-2H3,(H,18,19)/b17-9+. The van der Waals surface area contributed by atoms with Crippen LogP contribution < -0.4 is 10.2 Å². The van der Waals surface area contributed by atoms with Gasteiger partial charge in [-0.3, -0.25) is 4.79 Å². The zero-order valence-corrected chi connectivity index (χ0v) is 12.1. The molecular formula is C16H18N2O3. The van der Waals surface area contributed by atoms with Gasteiger partial charge >= 0.3 is 0 Å². The molecule has 5 heteroatoms. The Morgan fingerprint density at radius 3 is 2.71 bits per heavy atom. The lowest BCUT2D eigenvalue weighted by atomic mass is 10.0. The Morgan fingerprint density at radius 2 is 2.10 bits per heavy atom. The van der Waals surface area contributed by atoms with Crippen molar-refractivity contribution in [2.45, 2.75) is 19.8 Å². The molecule has 1 N–H and O–H groups in total. The number of carbonyl (C=O) groups is 1. The number of ether oxygens (including phenoxy) is 1. The van der Waals surface area contributed by atoms with E-state index in [0.29, 0.717) is 11.7 Å². The fourth-order valence-electron chi connectivity index (χ4n) is 1.66. The average molecular weight is 286 g/mol. The second kappa shape index (κ2) is 7.28. The summed E-state index contributed by atoms with van der Waals surface area (Å²) in [5, 5.41) is 3.80. The van der Waals surface area contributed by atoms with E-state index in [1.54, 1.807) is 6.07 Å². The molecule has 21 heavy (non-hydrogen) atoms. The molecule has 0 saturated carbocycles. The van der Waals surface area contributed by atoms with E-state index >= 15 is 0 Å². The van der Waals surface area contributed by atoms with Gasteiger partial charge in [-0.05, 0) is 29.7 Å². The first-order chi connectivity index (χ1) is 10.1. The largest absolute Gasteiger partial charge is 0.484 e. The first kappa shape index (κ1) is 14.8. The highest BCUT2D eigenvalue weighted by Crippen LogP contribution is 2.18. The van der Waals surface area contributed by atoms with Crippen LogP contribution in [0.1, 0.15) is 30.9 Å². The third-order valence-electron chi connectivity index (χ3n) is 2.86. The van der Waals surface area contributed by atoms with Crippen molar-refractivity contribution in [1.29, 1.82) is 0 Å². The number of amides is 1. The molecule has 0 spiro atoms. The number of nitrogens with zero attached hydrogens (tertiary/aromatic N) is 1. The molecule has 1 aromatic heterocycles. The fourth-order valence-corrected chi connectivity index (χ4v) is 1.66. The Hall–Kier alpha value is -2.56. The molecule has 110 valence electrons. The van der Waals surface area contributed by atoms with Crippen molar-refractivity contribution >= 4 is 12.1 Å². The van der Waals surface area contributed by atoms with Crippen LogP contribution >= 0.6 is 0 Å². The number of hydrogen-bond donors (Lipinski definition) is 1. The first-order valence-electron chi connectivity index (χ1n) is 6.72. The van der Waals surface area contributed by atoms with E-state index in [-0.39, 0.29) is 12.5 Å². The summed E-state index contributed by atoms with van der Waals surface area (Å²) < 4.78 is 10.3. The monoisotopic (exact) mass is 286 g/mol. The molecule has 0 fully saturated rings. The number of carbonyl (C=O) groups excluding carboxylic acids is 1. The lowest BCUT2D eigenvalue weighted by Crippen LogP contribution is -2.24. The topological polar surface area (TPSA) is 63.8 Å². The van der Waals surface area contributed by atoms with Crippen molar-refractivity contribution in [2.24, 2.45) is 5.10 Å². The highest BCUT2D eigenvalue weighted by atomic mass is 16.5. The fraction of sp³-hybridized carbons (Fsp3) is 0.250. The number of hydrogen-bond acceptors (Lipinski definition) is 4. The highest BCUT2D eigenvalue weighted by molar-refractivity contribution is 5.82. The lowest BCUT2D eigenvalue weighted by molar-refractivity contribution is -0.123. The summed E-state index contributed by atoms with van der Waals surface area (Å²) in [6.07, 6.45) is 4.56. The summed E-state index contributed by atoms with van der Waals surface area (Å²) >= 11 is 0. The van der Waals surface area contributed by atoms with Gasteiger partial charge < -0.3 is 9.15 Å². The van der Waals surface area contributed by atoms with Crippen molar-refractivity contribution < 1.29 is 13.9 Å². The Bertz CT molecular complexity index is 586. The van der Waals surface area contributed by atoms with Crippen LogP contribution in [-0.4, -0.2) is 18.7 Å². The summed E-state index contributed by atoms with van der Waals surface area (Å²) in [4.78, 5) is 11.5. The average Bonchev–Trinajstić information content (AvgIpc) is 2.99. The van der Waals surface area contributed by atoms with Crippen LogP contribution in [0.5, 0.6) is 5.75 Å². The minimum absolute atomic E-state index is 0.0796. The summed E-state index contributed by atoms with van der Waals surface area (Å²) in [5.74, 6) is 0.815. The van der Waals surface area contributed by atoms with Crippen LogP contribution in [0.3, 0.4) is 0 Å². The Labute approximate surface area is 123 Å². The van der Waals surface area contributed by atoms with Crippen molar-refractivity contribution in [1.82, 2.24) is 5.43 Å². The normalized spacial score (nSPS) is 11.0. The maximum Gasteiger partial charge on any atom is 0.277 e. The molecular weight excluding hydrogens is 268 g/mol. The molecule has 0 atom stereocenters. The molecule has 0 bridgehead atoms. The van der Waals surface area contributed by atoms with Crippen LogP contribution in [0, 0.1) is 0 Å². The summed E-state index contributed by atoms with van der Waals surface area (Å²) in [5.41, 5.74) is 4.40. The Kier molecular flexibility index (Phi) is 5.15. The molecule has 2 rings (SSSR count). The Balaban J connectivity index is 1.76. The maximum atomic E-state index is 11.5. The van der Waals surface area contributed by atoms with Gasteiger partial charge in [0, 0.05) is 5.56 Å². The van der Waals surface area contributed by atoms with Gasteiger partial charge in [0.05, 0.1) is 18.7 Å². The van der Waals surface area contributed by atoms with Crippen LogP contribution in [0.4, 0.5) is 0 Å². The maximum absolute atomic E-state index is 11.5. The van der Waals surface area contributed by atoms with E-state index in [2.05, 4.69) is 24.4 Å². The van der Waals surface area contributed by atoms with Crippen molar-refractivity contribution in [3.63, 3.8) is 0 Å². The van der Waals surface area contributed by atoms with E-state index in [1.165, 1.54) is 24.3 Å². The molecule has 1 heterocycles. The molecule has 2 aromatic rings.